The van der Waals surface area contributed by atoms with Gasteiger partial charge in [-0.1, -0.05) is 18.2 Å². The lowest BCUT2D eigenvalue weighted by Gasteiger charge is -2.31. The van der Waals surface area contributed by atoms with E-state index >= 15 is 0 Å². The first-order valence-electron chi connectivity index (χ1n) is 10.8. The summed E-state index contributed by atoms with van der Waals surface area (Å²) in [6.45, 7) is 4.47. The maximum atomic E-state index is 12.8. The van der Waals surface area contributed by atoms with Gasteiger partial charge in [0.15, 0.2) is 5.69 Å². The Morgan fingerprint density at radius 2 is 1.76 bits per heavy atom. The average Bonchev–Trinajstić information content (AvgIpc) is 3.37. The molecule has 0 atom stereocenters. The van der Waals surface area contributed by atoms with Crippen LogP contribution in [0.25, 0.3) is 10.8 Å². The van der Waals surface area contributed by atoms with E-state index in [1.165, 1.54) is 17.2 Å². The molecule has 0 aliphatic carbocycles. The van der Waals surface area contributed by atoms with E-state index in [1.54, 1.807) is 49.1 Å². The molecule has 3 amide bonds. The monoisotopic (exact) mass is 451 g/mol. The largest absolute Gasteiger partial charge is 0.472 e. The Labute approximate surface area is 189 Å². The van der Waals surface area contributed by atoms with E-state index in [-0.39, 0.29) is 35.0 Å². The van der Waals surface area contributed by atoms with E-state index < -0.39 is 5.91 Å². The SMILES string of the molecule is CC(C)n1nc(C(=O)NNC(=O)C2CCN(C(=O)c3ccoc3)CC2)c2ccccc2c1=O. The molecule has 33 heavy (non-hydrogen) atoms. The van der Waals surface area contributed by atoms with E-state index in [0.717, 1.165) is 0 Å². The topological polar surface area (TPSA) is 127 Å². The van der Waals surface area contributed by atoms with Gasteiger partial charge in [-0.2, -0.15) is 5.10 Å². The lowest BCUT2D eigenvalue weighted by Crippen LogP contribution is -2.48. The van der Waals surface area contributed by atoms with Gasteiger partial charge in [0.2, 0.25) is 5.91 Å². The Balaban J connectivity index is 1.40. The minimum atomic E-state index is -0.610. The van der Waals surface area contributed by atoms with Gasteiger partial charge < -0.3 is 9.32 Å². The second-order valence-corrected chi connectivity index (χ2v) is 8.26. The van der Waals surface area contributed by atoms with Crippen molar-refractivity contribution in [2.75, 3.05) is 13.1 Å². The molecule has 10 heteroatoms. The van der Waals surface area contributed by atoms with E-state index in [2.05, 4.69) is 16.0 Å². The summed E-state index contributed by atoms with van der Waals surface area (Å²) in [6, 6.07) is 8.11. The Morgan fingerprint density at radius 1 is 1.06 bits per heavy atom. The maximum absolute atomic E-state index is 12.8. The summed E-state index contributed by atoms with van der Waals surface area (Å²) in [5.41, 5.74) is 5.14. The van der Waals surface area contributed by atoms with Crippen molar-refractivity contribution >= 4 is 28.5 Å². The van der Waals surface area contributed by atoms with Crippen LogP contribution >= 0.6 is 0 Å². The number of carbonyl (C=O) groups excluding carboxylic acids is 3. The van der Waals surface area contributed by atoms with Crippen LogP contribution in [0.1, 0.15) is 53.6 Å². The number of nitrogens with one attached hydrogen (secondary N) is 2. The first kappa shape index (κ1) is 22.3. The van der Waals surface area contributed by atoms with Crippen LogP contribution in [0.4, 0.5) is 0 Å². The molecule has 0 saturated carbocycles. The van der Waals surface area contributed by atoms with Crippen LogP contribution in [0.15, 0.2) is 52.1 Å². The van der Waals surface area contributed by atoms with Crippen LogP contribution in [0.2, 0.25) is 0 Å². The number of likely N-dealkylation sites (tertiary alicyclic amines) is 1. The van der Waals surface area contributed by atoms with Gasteiger partial charge in [0.25, 0.3) is 17.4 Å². The predicted molar refractivity (Wildman–Crippen MR) is 119 cm³/mol. The van der Waals surface area contributed by atoms with Crippen molar-refractivity contribution in [1.29, 1.82) is 0 Å². The van der Waals surface area contributed by atoms with Gasteiger partial charge in [0, 0.05) is 24.4 Å². The number of fused-ring (bicyclic) bond motifs is 1. The van der Waals surface area contributed by atoms with E-state index in [0.29, 0.717) is 42.3 Å². The fourth-order valence-electron chi connectivity index (χ4n) is 3.92. The molecule has 0 radical (unpaired) electrons. The first-order chi connectivity index (χ1) is 15.9. The van der Waals surface area contributed by atoms with Crippen LogP contribution in [0.3, 0.4) is 0 Å². The summed E-state index contributed by atoms with van der Waals surface area (Å²) in [5, 5.41) is 5.03. The highest BCUT2D eigenvalue weighted by atomic mass is 16.3. The zero-order valence-corrected chi connectivity index (χ0v) is 18.4. The van der Waals surface area contributed by atoms with E-state index in [9.17, 15) is 19.2 Å². The zero-order chi connectivity index (χ0) is 23.5. The number of benzene rings is 1. The van der Waals surface area contributed by atoms with Crippen LogP contribution in [0, 0.1) is 5.92 Å². The molecule has 3 heterocycles. The summed E-state index contributed by atoms with van der Waals surface area (Å²) in [5.74, 6) is -1.41. The number of hydrogen-bond acceptors (Lipinski definition) is 6. The molecule has 172 valence electrons. The number of aromatic nitrogens is 2. The average molecular weight is 451 g/mol. The molecule has 1 fully saturated rings. The normalized spacial score (nSPS) is 14.5. The minimum absolute atomic E-state index is 0.0553. The molecule has 0 spiro atoms. The van der Waals surface area contributed by atoms with E-state index in [1.807, 2.05) is 0 Å². The molecule has 1 aliphatic heterocycles. The van der Waals surface area contributed by atoms with Gasteiger partial charge in [-0.25, -0.2) is 4.68 Å². The predicted octanol–water partition coefficient (Wildman–Crippen LogP) is 1.88. The number of rotatable bonds is 4. The second-order valence-electron chi connectivity index (χ2n) is 8.26. The van der Waals surface area contributed by atoms with Gasteiger partial charge in [-0.05, 0) is 38.8 Å². The molecule has 1 aromatic carbocycles. The second kappa shape index (κ2) is 9.27. The number of hydrogen-bond donors (Lipinski definition) is 2. The Morgan fingerprint density at radius 3 is 2.39 bits per heavy atom. The van der Waals surface area contributed by atoms with Crippen molar-refractivity contribution in [3.05, 3.63) is 64.5 Å². The number of piperidine rings is 1. The van der Waals surface area contributed by atoms with Crippen molar-refractivity contribution in [2.24, 2.45) is 5.92 Å². The number of nitrogens with zero attached hydrogens (tertiary/aromatic N) is 3. The molecule has 3 aromatic rings. The number of hydrazine groups is 1. The molecule has 0 bridgehead atoms. The number of amides is 3. The Bertz CT molecular complexity index is 1240. The molecule has 0 unspecified atom stereocenters. The summed E-state index contributed by atoms with van der Waals surface area (Å²) in [4.78, 5) is 52.2. The maximum Gasteiger partial charge on any atom is 0.290 e. The molecule has 2 aromatic heterocycles. The standard InChI is InChI=1S/C23H25N5O5/c1-14(2)28-23(32)18-6-4-3-5-17(18)19(26-28)21(30)25-24-20(29)15-7-10-27(11-8-15)22(31)16-9-12-33-13-16/h3-6,9,12-15H,7-8,10-11H2,1-2H3,(H,24,29)(H,25,30). The number of carbonyl (C=O) groups is 3. The van der Waals surface area contributed by atoms with Gasteiger partial charge in [-0.3, -0.25) is 30.0 Å². The van der Waals surface area contributed by atoms with Crippen LogP contribution in [-0.4, -0.2) is 45.5 Å². The summed E-state index contributed by atoms with van der Waals surface area (Å²) < 4.78 is 6.21. The fourth-order valence-corrected chi connectivity index (χ4v) is 3.92. The minimum Gasteiger partial charge on any atom is -0.472 e. The quantitative estimate of drug-likeness (QED) is 0.583. The highest BCUT2D eigenvalue weighted by molar-refractivity contribution is 6.05. The van der Waals surface area contributed by atoms with Gasteiger partial charge in [0.05, 0.1) is 23.3 Å². The Kier molecular flexibility index (Phi) is 6.25. The van der Waals surface area contributed by atoms with Gasteiger partial charge >= 0.3 is 0 Å². The van der Waals surface area contributed by atoms with Crippen LogP contribution in [0.5, 0.6) is 0 Å². The summed E-state index contributed by atoms with van der Waals surface area (Å²) in [7, 11) is 0. The lowest BCUT2D eigenvalue weighted by molar-refractivity contribution is -0.127. The van der Waals surface area contributed by atoms with Crippen molar-refractivity contribution < 1.29 is 18.8 Å². The zero-order valence-electron chi connectivity index (χ0n) is 18.4. The van der Waals surface area contributed by atoms with Crippen LogP contribution < -0.4 is 16.4 Å². The van der Waals surface area contributed by atoms with E-state index in [4.69, 9.17) is 4.42 Å². The third kappa shape index (κ3) is 4.50. The summed E-state index contributed by atoms with van der Waals surface area (Å²) in [6.07, 6.45) is 3.80. The van der Waals surface area contributed by atoms with Gasteiger partial charge in [0.1, 0.15) is 6.26 Å². The van der Waals surface area contributed by atoms with Crippen molar-refractivity contribution in [1.82, 2.24) is 25.5 Å². The molecule has 1 aliphatic rings. The third-order valence-electron chi connectivity index (χ3n) is 5.75. The number of furan rings is 1. The molecule has 4 rings (SSSR count). The summed E-state index contributed by atoms with van der Waals surface area (Å²) >= 11 is 0. The molecule has 1 saturated heterocycles. The molecular weight excluding hydrogens is 426 g/mol. The molecule has 2 N–H and O–H groups in total. The van der Waals surface area contributed by atoms with Crippen molar-refractivity contribution in [3.63, 3.8) is 0 Å². The van der Waals surface area contributed by atoms with Crippen molar-refractivity contribution in [3.8, 4) is 0 Å². The first-order valence-corrected chi connectivity index (χ1v) is 10.8. The fraction of sp³-hybridized carbons (Fsp3) is 0.348. The smallest absolute Gasteiger partial charge is 0.290 e. The highest BCUT2D eigenvalue weighted by Gasteiger charge is 2.28. The molecule has 10 nitrogen and oxygen atoms in total. The highest BCUT2D eigenvalue weighted by Crippen LogP contribution is 2.19. The third-order valence-corrected chi connectivity index (χ3v) is 5.75. The van der Waals surface area contributed by atoms with Crippen LogP contribution in [-0.2, 0) is 4.79 Å². The lowest BCUT2D eigenvalue weighted by atomic mass is 9.96. The Hall–Kier alpha value is -3.95. The van der Waals surface area contributed by atoms with Gasteiger partial charge in [-0.15, -0.1) is 0 Å². The molecular formula is C23H25N5O5. The van der Waals surface area contributed by atoms with Crippen molar-refractivity contribution in [2.45, 2.75) is 32.7 Å².